The molecule has 1 rings (SSSR count). The van der Waals surface area contributed by atoms with Crippen molar-refractivity contribution in [3.8, 4) is 0 Å². The molecule has 1 aliphatic heterocycles. The van der Waals surface area contributed by atoms with Crippen molar-refractivity contribution in [3.05, 3.63) is 0 Å². The highest BCUT2D eigenvalue weighted by atomic mass is 32.2. The maximum absolute atomic E-state index is 11.7. The van der Waals surface area contributed by atoms with Gasteiger partial charge in [-0.2, -0.15) is 0 Å². The van der Waals surface area contributed by atoms with Gasteiger partial charge in [-0.3, -0.25) is 4.79 Å². The van der Waals surface area contributed by atoms with E-state index in [1.807, 2.05) is 0 Å². The summed E-state index contributed by atoms with van der Waals surface area (Å²) in [5.74, 6) is 0.291. The molecule has 1 heterocycles. The summed E-state index contributed by atoms with van der Waals surface area (Å²) in [6.45, 7) is 2.71. The lowest BCUT2D eigenvalue weighted by molar-refractivity contribution is -0.133. The number of carbonyl (C=O) groups is 1. The van der Waals surface area contributed by atoms with Gasteiger partial charge in [0, 0.05) is 26.1 Å². The number of methoxy groups -OCH3 is 1. The standard InChI is InChI=1S/C10H19NO4S/c1-3-10(12)11(5-6-15-2)9-4-7-16(13,14)8-9/h9H,3-8H2,1-2H3. The molecular weight excluding hydrogens is 230 g/mol. The monoisotopic (exact) mass is 249 g/mol. The van der Waals surface area contributed by atoms with Crippen molar-refractivity contribution in [2.45, 2.75) is 25.8 Å². The van der Waals surface area contributed by atoms with Gasteiger partial charge in [0.15, 0.2) is 9.84 Å². The summed E-state index contributed by atoms with van der Waals surface area (Å²) in [6.07, 6.45) is 0.956. The third-order valence-electron chi connectivity index (χ3n) is 2.81. The van der Waals surface area contributed by atoms with Gasteiger partial charge in [0.25, 0.3) is 0 Å². The van der Waals surface area contributed by atoms with Crippen LogP contribution in [0.15, 0.2) is 0 Å². The zero-order chi connectivity index (χ0) is 12.2. The lowest BCUT2D eigenvalue weighted by Crippen LogP contribution is -2.42. The summed E-state index contributed by atoms with van der Waals surface area (Å²) in [7, 11) is -1.37. The van der Waals surface area contributed by atoms with E-state index in [0.29, 0.717) is 26.0 Å². The van der Waals surface area contributed by atoms with E-state index in [-0.39, 0.29) is 23.5 Å². The predicted molar refractivity (Wildman–Crippen MR) is 60.9 cm³/mol. The number of rotatable bonds is 5. The fourth-order valence-electron chi connectivity index (χ4n) is 1.92. The van der Waals surface area contributed by atoms with E-state index >= 15 is 0 Å². The molecule has 1 atom stereocenters. The summed E-state index contributed by atoms with van der Waals surface area (Å²) in [4.78, 5) is 13.3. The van der Waals surface area contributed by atoms with Crippen molar-refractivity contribution in [2.24, 2.45) is 0 Å². The highest BCUT2D eigenvalue weighted by Crippen LogP contribution is 2.18. The molecular formula is C10H19NO4S. The molecule has 1 aliphatic rings. The quantitative estimate of drug-likeness (QED) is 0.691. The molecule has 1 amide bonds. The maximum atomic E-state index is 11.7. The number of hydrogen-bond acceptors (Lipinski definition) is 4. The Labute approximate surface area is 96.7 Å². The minimum Gasteiger partial charge on any atom is -0.383 e. The van der Waals surface area contributed by atoms with Gasteiger partial charge in [0.2, 0.25) is 5.91 Å². The molecule has 0 bridgehead atoms. The Hall–Kier alpha value is -0.620. The minimum atomic E-state index is -2.94. The Balaban J connectivity index is 2.66. The third kappa shape index (κ3) is 3.45. The average Bonchev–Trinajstić information content (AvgIpc) is 2.59. The van der Waals surface area contributed by atoms with E-state index < -0.39 is 9.84 Å². The van der Waals surface area contributed by atoms with Crippen LogP contribution in [0, 0.1) is 0 Å². The topological polar surface area (TPSA) is 63.7 Å². The molecule has 0 N–H and O–H groups in total. The number of amides is 1. The molecule has 0 aliphatic carbocycles. The fraction of sp³-hybridized carbons (Fsp3) is 0.900. The molecule has 16 heavy (non-hydrogen) atoms. The van der Waals surface area contributed by atoms with Crippen molar-refractivity contribution >= 4 is 15.7 Å². The first-order valence-electron chi connectivity index (χ1n) is 5.49. The van der Waals surface area contributed by atoms with Gasteiger partial charge < -0.3 is 9.64 Å². The van der Waals surface area contributed by atoms with E-state index in [2.05, 4.69) is 0 Å². The van der Waals surface area contributed by atoms with E-state index in [4.69, 9.17) is 4.74 Å². The first-order valence-corrected chi connectivity index (χ1v) is 7.31. The van der Waals surface area contributed by atoms with Gasteiger partial charge in [-0.25, -0.2) is 8.42 Å². The van der Waals surface area contributed by atoms with Crippen molar-refractivity contribution in [1.29, 1.82) is 0 Å². The highest BCUT2D eigenvalue weighted by Gasteiger charge is 2.33. The van der Waals surface area contributed by atoms with Crippen LogP contribution >= 0.6 is 0 Å². The van der Waals surface area contributed by atoms with Gasteiger partial charge in [-0.15, -0.1) is 0 Å². The summed E-state index contributed by atoms with van der Waals surface area (Å²) in [6, 6.07) is -0.160. The molecule has 1 unspecified atom stereocenters. The zero-order valence-electron chi connectivity index (χ0n) is 9.81. The molecule has 94 valence electrons. The van der Waals surface area contributed by atoms with E-state index in [9.17, 15) is 13.2 Å². The number of hydrogen-bond donors (Lipinski definition) is 0. The van der Waals surface area contributed by atoms with Crippen LogP contribution in [0.2, 0.25) is 0 Å². The van der Waals surface area contributed by atoms with Crippen molar-refractivity contribution in [3.63, 3.8) is 0 Å². The molecule has 1 fully saturated rings. The first kappa shape index (κ1) is 13.4. The van der Waals surface area contributed by atoms with Gasteiger partial charge >= 0.3 is 0 Å². The molecule has 6 heteroatoms. The SMILES string of the molecule is CCC(=O)N(CCOC)C1CCS(=O)(=O)C1. The third-order valence-corrected chi connectivity index (χ3v) is 4.56. The number of nitrogens with zero attached hydrogens (tertiary/aromatic N) is 1. The van der Waals surface area contributed by atoms with Crippen LogP contribution in [0.4, 0.5) is 0 Å². The van der Waals surface area contributed by atoms with E-state index in [0.717, 1.165) is 0 Å². The van der Waals surface area contributed by atoms with Crippen molar-refractivity contribution < 1.29 is 17.9 Å². The van der Waals surface area contributed by atoms with Crippen LogP contribution in [0.3, 0.4) is 0 Å². The van der Waals surface area contributed by atoms with E-state index in [1.54, 1.807) is 18.9 Å². The Bertz CT molecular complexity index is 339. The minimum absolute atomic E-state index is 0.000787. The van der Waals surface area contributed by atoms with Crippen molar-refractivity contribution in [1.82, 2.24) is 4.90 Å². The lowest BCUT2D eigenvalue weighted by atomic mass is 10.2. The molecule has 0 radical (unpaired) electrons. The maximum Gasteiger partial charge on any atom is 0.222 e. The molecule has 0 saturated carbocycles. The van der Waals surface area contributed by atoms with E-state index in [1.165, 1.54) is 0 Å². The summed E-state index contributed by atoms with van der Waals surface area (Å²) in [5, 5.41) is 0. The zero-order valence-corrected chi connectivity index (χ0v) is 10.6. The van der Waals surface area contributed by atoms with Gasteiger partial charge in [-0.1, -0.05) is 6.92 Å². The second-order valence-electron chi connectivity index (χ2n) is 3.99. The fourth-order valence-corrected chi connectivity index (χ4v) is 3.66. The highest BCUT2D eigenvalue weighted by molar-refractivity contribution is 7.91. The van der Waals surface area contributed by atoms with Crippen LogP contribution in [0.25, 0.3) is 0 Å². The van der Waals surface area contributed by atoms with Crippen LogP contribution in [-0.2, 0) is 19.4 Å². The second kappa shape index (κ2) is 5.63. The van der Waals surface area contributed by atoms with Crippen LogP contribution in [0.5, 0.6) is 0 Å². The van der Waals surface area contributed by atoms with Crippen LogP contribution in [-0.4, -0.2) is 57.0 Å². The van der Waals surface area contributed by atoms with Gasteiger partial charge in [0.05, 0.1) is 18.1 Å². The summed E-state index contributed by atoms with van der Waals surface area (Å²) >= 11 is 0. The molecule has 5 nitrogen and oxygen atoms in total. The Morgan fingerprint density at radius 3 is 2.62 bits per heavy atom. The molecule has 0 aromatic rings. The van der Waals surface area contributed by atoms with Crippen LogP contribution in [0.1, 0.15) is 19.8 Å². The smallest absolute Gasteiger partial charge is 0.222 e. The Morgan fingerprint density at radius 2 is 2.19 bits per heavy atom. The summed E-state index contributed by atoms with van der Waals surface area (Å²) in [5.41, 5.74) is 0. The number of sulfone groups is 1. The lowest BCUT2D eigenvalue weighted by Gasteiger charge is -2.27. The van der Waals surface area contributed by atoms with Crippen molar-refractivity contribution in [2.75, 3.05) is 31.8 Å². The average molecular weight is 249 g/mol. The molecule has 0 aromatic carbocycles. The number of carbonyl (C=O) groups excluding carboxylic acids is 1. The predicted octanol–water partition coefficient (Wildman–Crippen LogP) is 0.0585. The number of ether oxygens (including phenoxy) is 1. The Morgan fingerprint density at radius 1 is 1.50 bits per heavy atom. The largest absolute Gasteiger partial charge is 0.383 e. The molecule has 0 aromatic heterocycles. The van der Waals surface area contributed by atoms with Gasteiger partial charge in [-0.05, 0) is 6.42 Å². The summed E-state index contributed by atoms with van der Waals surface area (Å²) < 4.78 is 27.7. The first-order chi connectivity index (χ1) is 7.50. The van der Waals surface area contributed by atoms with Crippen LogP contribution < -0.4 is 0 Å². The second-order valence-corrected chi connectivity index (χ2v) is 6.22. The Kier molecular flexibility index (Phi) is 4.73. The normalized spacial score (nSPS) is 23.2. The van der Waals surface area contributed by atoms with Gasteiger partial charge in [0.1, 0.15) is 0 Å². The molecule has 1 saturated heterocycles. The molecule has 0 spiro atoms.